The number of rotatable bonds is 2. The summed E-state index contributed by atoms with van der Waals surface area (Å²) in [5.41, 5.74) is 8.57. The predicted molar refractivity (Wildman–Crippen MR) is 57.6 cm³/mol. The number of aliphatic imine (C=N–C) groups is 1. The van der Waals surface area contributed by atoms with E-state index in [2.05, 4.69) is 4.99 Å². The van der Waals surface area contributed by atoms with Crippen LogP contribution in [0.15, 0.2) is 41.4 Å². The second-order valence-corrected chi connectivity index (χ2v) is 2.83. The van der Waals surface area contributed by atoms with Crippen molar-refractivity contribution in [2.45, 2.75) is 6.92 Å². The Morgan fingerprint density at radius 1 is 1.31 bits per heavy atom. The Bertz CT molecular complexity index is 323. The summed E-state index contributed by atoms with van der Waals surface area (Å²) in [7, 11) is 1.75. The first kappa shape index (κ1) is 9.52. The molecule has 0 aliphatic carbocycles. The molecule has 2 N–H and O–H groups in total. The Morgan fingerprint density at radius 3 is 2.46 bits per heavy atom. The molecule has 2 nitrogen and oxygen atoms in total. The standard InChI is InChI=1S/C11H14N2/c1-9(13-2)8-11(12)10-6-4-3-5-7-10/h3-8H,12H2,1-2H3. The van der Waals surface area contributed by atoms with Crippen LogP contribution < -0.4 is 5.73 Å². The summed E-state index contributed by atoms with van der Waals surface area (Å²) < 4.78 is 0. The molecule has 0 heterocycles. The number of hydrogen-bond acceptors (Lipinski definition) is 2. The van der Waals surface area contributed by atoms with Crippen molar-refractivity contribution in [2.24, 2.45) is 10.7 Å². The van der Waals surface area contributed by atoms with Gasteiger partial charge >= 0.3 is 0 Å². The third-order valence-corrected chi connectivity index (χ3v) is 1.82. The molecule has 0 saturated carbocycles. The van der Waals surface area contributed by atoms with Gasteiger partial charge in [0, 0.05) is 18.5 Å². The summed E-state index contributed by atoms with van der Waals surface area (Å²) in [6.07, 6.45) is 1.87. The summed E-state index contributed by atoms with van der Waals surface area (Å²) >= 11 is 0. The molecule has 0 bridgehead atoms. The summed E-state index contributed by atoms with van der Waals surface area (Å²) in [5, 5.41) is 0. The molecule has 0 amide bonds. The molecule has 0 spiro atoms. The minimum atomic E-state index is 0.753. The highest BCUT2D eigenvalue weighted by Crippen LogP contribution is 2.07. The monoisotopic (exact) mass is 174 g/mol. The van der Waals surface area contributed by atoms with Gasteiger partial charge in [0.25, 0.3) is 0 Å². The van der Waals surface area contributed by atoms with Crippen LogP contribution in [-0.4, -0.2) is 12.8 Å². The number of benzene rings is 1. The Balaban J connectivity index is 2.92. The lowest BCUT2D eigenvalue weighted by Crippen LogP contribution is -1.99. The molecule has 0 atom stereocenters. The van der Waals surface area contributed by atoms with E-state index in [1.807, 2.05) is 43.3 Å². The Kier molecular flexibility index (Phi) is 3.26. The van der Waals surface area contributed by atoms with Gasteiger partial charge in [-0.15, -0.1) is 0 Å². The van der Waals surface area contributed by atoms with Gasteiger partial charge in [-0.25, -0.2) is 0 Å². The molecule has 0 aliphatic rings. The minimum Gasteiger partial charge on any atom is -0.398 e. The quantitative estimate of drug-likeness (QED) is 0.685. The molecule has 1 aromatic carbocycles. The minimum absolute atomic E-state index is 0.753. The van der Waals surface area contributed by atoms with Gasteiger partial charge in [-0.1, -0.05) is 30.3 Å². The molecule has 0 radical (unpaired) electrons. The third kappa shape index (κ3) is 2.75. The molecule has 13 heavy (non-hydrogen) atoms. The lowest BCUT2D eigenvalue weighted by molar-refractivity contribution is 1.42. The van der Waals surface area contributed by atoms with E-state index in [4.69, 9.17) is 5.73 Å². The van der Waals surface area contributed by atoms with E-state index in [1.54, 1.807) is 7.05 Å². The van der Waals surface area contributed by atoms with Gasteiger partial charge in [-0.2, -0.15) is 0 Å². The van der Waals surface area contributed by atoms with Gasteiger partial charge in [0.2, 0.25) is 0 Å². The first-order valence-corrected chi connectivity index (χ1v) is 4.20. The normalized spacial score (nSPS) is 13.1. The molecular weight excluding hydrogens is 160 g/mol. The molecule has 0 aromatic heterocycles. The smallest absolute Gasteiger partial charge is 0.0405 e. The van der Waals surface area contributed by atoms with Crippen molar-refractivity contribution in [3.63, 3.8) is 0 Å². The highest BCUT2D eigenvalue weighted by Gasteiger charge is 1.94. The fourth-order valence-corrected chi connectivity index (χ4v) is 1.00. The first-order valence-electron chi connectivity index (χ1n) is 4.20. The van der Waals surface area contributed by atoms with Crippen molar-refractivity contribution in [2.75, 3.05) is 7.05 Å². The number of hydrogen-bond donors (Lipinski definition) is 1. The second kappa shape index (κ2) is 4.45. The Labute approximate surface area is 78.8 Å². The largest absolute Gasteiger partial charge is 0.398 e. The summed E-state index contributed by atoms with van der Waals surface area (Å²) in [6, 6.07) is 9.87. The van der Waals surface area contributed by atoms with Gasteiger partial charge < -0.3 is 5.73 Å². The van der Waals surface area contributed by atoms with Crippen LogP contribution in [0.4, 0.5) is 0 Å². The highest BCUT2D eigenvalue weighted by molar-refractivity contribution is 5.98. The Morgan fingerprint density at radius 2 is 1.92 bits per heavy atom. The van der Waals surface area contributed by atoms with Crippen molar-refractivity contribution < 1.29 is 0 Å². The fourth-order valence-electron chi connectivity index (χ4n) is 1.00. The van der Waals surface area contributed by atoms with Crippen molar-refractivity contribution in [1.82, 2.24) is 0 Å². The van der Waals surface area contributed by atoms with Crippen molar-refractivity contribution >= 4 is 11.4 Å². The first-order chi connectivity index (χ1) is 6.24. The van der Waals surface area contributed by atoms with Crippen LogP contribution in [0.2, 0.25) is 0 Å². The zero-order valence-electron chi connectivity index (χ0n) is 7.99. The van der Waals surface area contributed by atoms with Crippen LogP contribution in [0.3, 0.4) is 0 Å². The van der Waals surface area contributed by atoms with Crippen LogP contribution in [0.1, 0.15) is 12.5 Å². The number of nitrogens with two attached hydrogens (primary N) is 1. The molecule has 0 aliphatic heterocycles. The number of nitrogens with zero attached hydrogens (tertiary/aromatic N) is 1. The lowest BCUT2D eigenvalue weighted by Gasteiger charge is -2.00. The maximum atomic E-state index is 5.85. The predicted octanol–water partition coefficient (Wildman–Crippen LogP) is 2.08. The van der Waals surface area contributed by atoms with E-state index in [1.165, 1.54) is 0 Å². The van der Waals surface area contributed by atoms with E-state index in [9.17, 15) is 0 Å². The maximum absolute atomic E-state index is 5.85. The second-order valence-electron chi connectivity index (χ2n) is 2.83. The van der Waals surface area contributed by atoms with Gasteiger partial charge in [0.1, 0.15) is 0 Å². The molecule has 2 heteroatoms. The van der Waals surface area contributed by atoms with Gasteiger partial charge in [0.15, 0.2) is 0 Å². The van der Waals surface area contributed by atoms with Gasteiger partial charge in [-0.3, -0.25) is 4.99 Å². The average molecular weight is 174 g/mol. The highest BCUT2D eigenvalue weighted by atomic mass is 14.7. The van der Waals surface area contributed by atoms with Crippen molar-refractivity contribution in [3.8, 4) is 0 Å². The number of allylic oxidation sites excluding steroid dienone is 1. The lowest BCUT2D eigenvalue weighted by atomic mass is 10.1. The molecule has 1 aromatic rings. The summed E-state index contributed by atoms with van der Waals surface area (Å²) in [6.45, 7) is 1.93. The molecule has 0 saturated heterocycles. The Hall–Kier alpha value is -1.57. The van der Waals surface area contributed by atoms with Crippen molar-refractivity contribution in [1.29, 1.82) is 0 Å². The van der Waals surface area contributed by atoms with E-state index >= 15 is 0 Å². The van der Waals surface area contributed by atoms with E-state index in [0.29, 0.717) is 0 Å². The zero-order valence-corrected chi connectivity index (χ0v) is 7.99. The topological polar surface area (TPSA) is 38.4 Å². The van der Waals surface area contributed by atoms with E-state index in [-0.39, 0.29) is 0 Å². The molecule has 0 unspecified atom stereocenters. The summed E-state index contributed by atoms with van der Waals surface area (Å²) in [4.78, 5) is 4.01. The van der Waals surface area contributed by atoms with Gasteiger partial charge in [0.05, 0.1) is 0 Å². The van der Waals surface area contributed by atoms with Gasteiger partial charge in [-0.05, 0) is 18.6 Å². The van der Waals surface area contributed by atoms with Crippen LogP contribution in [-0.2, 0) is 0 Å². The maximum Gasteiger partial charge on any atom is 0.0405 e. The fraction of sp³-hybridized carbons (Fsp3) is 0.182. The molecule has 0 fully saturated rings. The van der Waals surface area contributed by atoms with Crippen molar-refractivity contribution in [3.05, 3.63) is 42.0 Å². The third-order valence-electron chi connectivity index (χ3n) is 1.82. The molecule has 1 rings (SSSR count). The van der Waals surface area contributed by atoms with Crippen LogP contribution >= 0.6 is 0 Å². The van der Waals surface area contributed by atoms with Crippen LogP contribution in [0, 0.1) is 0 Å². The zero-order chi connectivity index (χ0) is 9.68. The average Bonchev–Trinajstić information content (AvgIpc) is 2.19. The van der Waals surface area contributed by atoms with E-state index in [0.717, 1.165) is 17.0 Å². The molecule has 68 valence electrons. The van der Waals surface area contributed by atoms with Crippen LogP contribution in [0.25, 0.3) is 5.70 Å². The molecular formula is C11H14N2. The van der Waals surface area contributed by atoms with Crippen LogP contribution in [0.5, 0.6) is 0 Å². The van der Waals surface area contributed by atoms with E-state index < -0.39 is 0 Å². The summed E-state index contributed by atoms with van der Waals surface area (Å²) in [5.74, 6) is 0. The SMILES string of the molecule is CN=C(C)C=C(N)c1ccccc1.